The van der Waals surface area contributed by atoms with Crippen molar-refractivity contribution in [1.29, 1.82) is 0 Å². The van der Waals surface area contributed by atoms with Gasteiger partial charge in [0, 0.05) is 49.1 Å². The second-order valence-corrected chi connectivity index (χ2v) is 13.2. The molecule has 1 aromatic heterocycles. The summed E-state index contributed by atoms with van der Waals surface area (Å²) in [5, 5.41) is 15.3. The number of alkyl halides is 1. The predicted octanol–water partition coefficient (Wildman–Crippen LogP) is 4.08. The smallest absolute Gasteiger partial charge is 0.248 e. The van der Waals surface area contributed by atoms with Crippen molar-refractivity contribution in [3.8, 4) is 11.1 Å². The summed E-state index contributed by atoms with van der Waals surface area (Å²) in [6.45, 7) is 5.49. The van der Waals surface area contributed by atoms with Crippen molar-refractivity contribution in [3.05, 3.63) is 83.7 Å². The summed E-state index contributed by atoms with van der Waals surface area (Å²) >= 11 is 3.01. The summed E-state index contributed by atoms with van der Waals surface area (Å²) in [7, 11) is 0. The first-order valence-corrected chi connectivity index (χ1v) is 16.8. The van der Waals surface area contributed by atoms with Gasteiger partial charge in [0.15, 0.2) is 5.78 Å². The van der Waals surface area contributed by atoms with Gasteiger partial charge in [0.05, 0.1) is 24.0 Å². The summed E-state index contributed by atoms with van der Waals surface area (Å²) in [5.41, 5.74) is 7.66. The molecule has 2 aromatic carbocycles. The van der Waals surface area contributed by atoms with E-state index >= 15 is 0 Å². The molecular weight excluding hydrogens is 688 g/mol. The fourth-order valence-electron chi connectivity index (χ4n) is 5.47. The second-order valence-electron chi connectivity index (χ2n) is 12.6. The van der Waals surface area contributed by atoms with Crippen LogP contribution in [-0.4, -0.2) is 75.7 Å². The summed E-state index contributed by atoms with van der Waals surface area (Å²) in [6, 6.07) is 12.8. The molecule has 0 saturated carbocycles. The van der Waals surface area contributed by atoms with Gasteiger partial charge >= 0.3 is 0 Å². The van der Waals surface area contributed by atoms with Gasteiger partial charge < -0.3 is 30.9 Å². The highest BCUT2D eigenvalue weighted by Gasteiger charge is 2.37. The minimum atomic E-state index is -0.999. The van der Waals surface area contributed by atoms with Crippen molar-refractivity contribution in [1.82, 2.24) is 20.1 Å². The van der Waals surface area contributed by atoms with Crippen LogP contribution in [0.15, 0.2) is 60.8 Å². The number of carbonyl (C=O) groups is 4. The number of halogens is 3. The first kappa shape index (κ1) is 38.5. The number of ketones is 1. The number of aromatic nitrogens is 1. The Bertz CT molecular complexity index is 1560. The summed E-state index contributed by atoms with van der Waals surface area (Å²) in [4.78, 5) is 50.9. The van der Waals surface area contributed by atoms with Crippen LogP contribution in [0.4, 0.5) is 8.78 Å². The number of nitrogens with two attached hydrogens (primary N) is 1. The molecule has 0 spiro atoms. The molecule has 3 rings (SSSR count). The first-order chi connectivity index (χ1) is 22.7. The predicted molar refractivity (Wildman–Crippen MR) is 183 cm³/mol. The number of aliphatic hydroxyl groups excluding tert-OH is 1. The van der Waals surface area contributed by atoms with Gasteiger partial charge in [-0.3, -0.25) is 19.2 Å². The molecule has 0 aliphatic rings. The van der Waals surface area contributed by atoms with E-state index in [1.54, 1.807) is 12.3 Å². The molecule has 10 nitrogen and oxygen atoms in total. The number of carbonyl (C=O) groups excluding carboxylic acids is 4. The maximum atomic E-state index is 15.0. The molecule has 2 atom stereocenters. The van der Waals surface area contributed by atoms with Crippen LogP contribution in [0, 0.1) is 17.0 Å². The van der Waals surface area contributed by atoms with Crippen molar-refractivity contribution < 1.29 is 33.1 Å². The van der Waals surface area contributed by atoms with E-state index in [-0.39, 0.29) is 55.1 Å². The highest BCUT2D eigenvalue weighted by atomic mass is 79.9. The Morgan fingerprint density at radius 1 is 1.04 bits per heavy atom. The SMILES string of the molecule is CC(C)(C)[C@H](c1cc(-c2cc(F)ccc2F)cn1Cc1ccccc1)N(CC[C@H](N)C(=O)NCCCC(=O)CNC(=O)CBr)C(=O)CO. The number of nitrogens with one attached hydrogen (secondary N) is 2. The zero-order valence-corrected chi connectivity index (χ0v) is 29.1. The van der Waals surface area contributed by atoms with Crippen LogP contribution in [0.5, 0.6) is 0 Å². The third-order valence-corrected chi connectivity index (χ3v) is 8.30. The van der Waals surface area contributed by atoms with Crippen LogP contribution in [0.1, 0.15) is 57.3 Å². The molecule has 0 saturated heterocycles. The van der Waals surface area contributed by atoms with Crippen LogP contribution in [0.2, 0.25) is 0 Å². The lowest BCUT2D eigenvalue weighted by molar-refractivity contribution is -0.140. The van der Waals surface area contributed by atoms with Gasteiger partial charge in [-0.15, -0.1) is 0 Å². The van der Waals surface area contributed by atoms with Crippen LogP contribution >= 0.6 is 15.9 Å². The van der Waals surface area contributed by atoms with E-state index in [9.17, 15) is 33.1 Å². The lowest BCUT2D eigenvalue weighted by Gasteiger charge is -2.41. The van der Waals surface area contributed by atoms with Gasteiger partial charge in [0.25, 0.3) is 0 Å². The topological polar surface area (TPSA) is 147 Å². The number of nitrogens with zero attached hydrogens (tertiary/aromatic N) is 2. The van der Waals surface area contributed by atoms with E-state index in [1.807, 2.05) is 55.7 Å². The molecule has 1 heterocycles. The number of Topliss-reactive ketones (excluding diaryl/α,β-unsaturated/α-hetero) is 1. The van der Waals surface area contributed by atoms with Crippen LogP contribution in [-0.2, 0) is 25.7 Å². The molecule has 3 aromatic rings. The van der Waals surface area contributed by atoms with Crippen molar-refractivity contribution in [3.63, 3.8) is 0 Å². The quantitative estimate of drug-likeness (QED) is 0.122. The van der Waals surface area contributed by atoms with Gasteiger partial charge in [-0.2, -0.15) is 0 Å². The van der Waals surface area contributed by atoms with Gasteiger partial charge in [0.1, 0.15) is 18.2 Å². The van der Waals surface area contributed by atoms with Gasteiger partial charge in [-0.1, -0.05) is 67.0 Å². The van der Waals surface area contributed by atoms with E-state index in [0.717, 1.165) is 23.8 Å². The molecule has 0 bridgehead atoms. The maximum absolute atomic E-state index is 15.0. The Labute approximate surface area is 288 Å². The maximum Gasteiger partial charge on any atom is 0.248 e. The Morgan fingerprint density at radius 2 is 1.75 bits per heavy atom. The Kier molecular flexibility index (Phi) is 14.4. The lowest BCUT2D eigenvalue weighted by atomic mass is 9.82. The monoisotopic (exact) mass is 731 g/mol. The number of benzene rings is 2. The van der Waals surface area contributed by atoms with E-state index in [1.165, 1.54) is 4.90 Å². The van der Waals surface area contributed by atoms with Crippen LogP contribution < -0.4 is 16.4 Å². The van der Waals surface area contributed by atoms with Crippen molar-refractivity contribution in [2.45, 2.75) is 58.7 Å². The van der Waals surface area contributed by atoms with E-state index in [0.29, 0.717) is 24.2 Å². The number of aliphatic hydroxyl groups is 1. The molecule has 5 N–H and O–H groups in total. The zero-order chi connectivity index (χ0) is 35.4. The average Bonchev–Trinajstić information content (AvgIpc) is 3.46. The molecule has 48 heavy (non-hydrogen) atoms. The zero-order valence-electron chi connectivity index (χ0n) is 27.5. The second kappa shape index (κ2) is 18.0. The molecular formula is C35H44BrF2N5O5. The average molecular weight is 733 g/mol. The molecule has 13 heteroatoms. The van der Waals surface area contributed by atoms with Gasteiger partial charge in [-0.05, 0) is 48.1 Å². The standard InChI is InChI=1S/C35H44BrF2N5O5/c1-35(2,3)33(30-16-24(27-17-25(37)11-12-28(27)38)21-42(30)20-23-8-5-4-6-9-23)43(32(47)22-44)15-13-29(39)34(48)40-14-7-10-26(45)19-41-31(46)18-36/h4-6,8-9,11-12,16-17,21,29,33,44H,7,10,13-15,18-20,22,39H2,1-3H3,(H,40,48)(H,41,46)/t29-,33-/m0/s1. The van der Waals surface area contributed by atoms with Crippen molar-refractivity contribution >= 4 is 39.4 Å². The Hall–Kier alpha value is -3.94. The van der Waals surface area contributed by atoms with Crippen molar-refractivity contribution in [2.24, 2.45) is 11.1 Å². The van der Waals surface area contributed by atoms with Gasteiger partial charge in [0.2, 0.25) is 17.7 Å². The van der Waals surface area contributed by atoms with Gasteiger partial charge in [-0.25, -0.2) is 8.78 Å². The third-order valence-electron chi connectivity index (χ3n) is 7.79. The highest BCUT2D eigenvalue weighted by Crippen LogP contribution is 2.41. The summed E-state index contributed by atoms with van der Waals surface area (Å²) in [5.74, 6) is -2.71. The lowest BCUT2D eigenvalue weighted by Crippen LogP contribution is -2.47. The van der Waals surface area contributed by atoms with E-state index < -0.39 is 47.6 Å². The first-order valence-electron chi connectivity index (χ1n) is 15.7. The molecule has 0 fully saturated rings. The Balaban J connectivity index is 1.84. The fourth-order valence-corrected chi connectivity index (χ4v) is 5.67. The summed E-state index contributed by atoms with van der Waals surface area (Å²) in [6.07, 6.45) is 2.30. The minimum Gasteiger partial charge on any atom is -0.387 e. The molecule has 0 aliphatic heterocycles. The Morgan fingerprint density at radius 3 is 2.40 bits per heavy atom. The largest absolute Gasteiger partial charge is 0.387 e. The number of amides is 3. The molecule has 0 aliphatic carbocycles. The molecule has 0 radical (unpaired) electrons. The van der Waals surface area contributed by atoms with Crippen LogP contribution in [0.25, 0.3) is 11.1 Å². The normalized spacial score (nSPS) is 12.7. The fraction of sp³-hybridized carbons (Fsp3) is 0.429. The molecule has 3 amide bonds. The number of hydrogen-bond donors (Lipinski definition) is 4. The minimum absolute atomic E-state index is 0.0157. The number of rotatable bonds is 17. The number of hydrogen-bond acceptors (Lipinski definition) is 6. The molecule has 260 valence electrons. The van der Waals surface area contributed by atoms with E-state index in [2.05, 4.69) is 26.6 Å². The van der Waals surface area contributed by atoms with Crippen LogP contribution in [0.3, 0.4) is 0 Å². The highest BCUT2D eigenvalue weighted by molar-refractivity contribution is 9.09. The molecule has 0 unspecified atom stereocenters. The van der Waals surface area contributed by atoms with E-state index in [4.69, 9.17) is 5.73 Å². The summed E-state index contributed by atoms with van der Waals surface area (Å²) < 4.78 is 31.1. The third kappa shape index (κ3) is 11.1. The van der Waals surface area contributed by atoms with Crippen molar-refractivity contribution in [2.75, 3.05) is 31.6 Å².